The summed E-state index contributed by atoms with van der Waals surface area (Å²) in [6.45, 7) is 1.82. The lowest BCUT2D eigenvalue weighted by Gasteiger charge is -2.35. The molecule has 1 aromatic heterocycles. The molecule has 1 fully saturated rings. The van der Waals surface area contributed by atoms with Crippen LogP contribution in [0.5, 0.6) is 0 Å². The van der Waals surface area contributed by atoms with Gasteiger partial charge in [0, 0.05) is 48.4 Å². The van der Waals surface area contributed by atoms with Crippen LogP contribution in [0.15, 0.2) is 6.20 Å². The molecule has 11 heteroatoms. The third kappa shape index (κ3) is 4.64. The fourth-order valence-corrected chi connectivity index (χ4v) is 3.24. The van der Waals surface area contributed by atoms with Crippen molar-refractivity contribution in [2.75, 3.05) is 31.1 Å². The summed E-state index contributed by atoms with van der Waals surface area (Å²) in [5.74, 6) is -0.349. The number of carbonyl (C=O) groups is 2. The van der Waals surface area contributed by atoms with Crippen LogP contribution in [0, 0.1) is 3.57 Å². The Kier molecular flexibility index (Phi) is 5.95. The SMILES string of the molecule is CC(=O)OCc1c(N2CCN(C(=O)O)CC2)ncc(C(F)(F)F)c1I. The minimum Gasteiger partial charge on any atom is -0.465 e. The quantitative estimate of drug-likeness (QED) is 0.537. The van der Waals surface area contributed by atoms with Gasteiger partial charge in [0.2, 0.25) is 0 Å². The second-order valence-corrected chi connectivity index (χ2v) is 6.40. The van der Waals surface area contributed by atoms with Gasteiger partial charge in [-0.3, -0.25) is 4.79 Å². The van der Waals surface area contributed by atoms with E-state index in [9.17, 15) is 22.8 Å². The number of amides is 1. The highest BCUT2D eigenvalue weighted by molar-refractivity contribution is 14.1. The van der Waals surface area contributed by atoms with Gasteiger partial charge in [-0.05, 0) is 22.6 Å². The van der Waals surface area contributed by atoms with E-state index in [0.29, 0.717) is 0 Å². The minimum absolute atomic E-state index is 0.0861. The molecule has 2 heterocycles. The smallest absolute Gasteiger partial charge is 0.418 e. The van der Waals surface area contributed by atoms with E-state index in [1.807, 2.05) is 0 Å². The van der Waals surface area contributed by atoms with E-state index in [0.717, 1.165) is 6.20 Å². The van der Waals surface area contributed by atoms with Crippen LogP contribution in [0.4, 0.5) is 23.8 Å². The van der Waals surface area contributed by atoms with Crippen molar-refractivity contribution < 1.29 is 32.6 Å². The van der Waals surface area contributed by atoms with Gasteiger partial charge in [0.15, 0.2) is 0 Å². The summed E-state index contributed by atoms with van der Waals surface area (Å²) in [6, 6.07) is 0. The standard InChI is InChI=1S/C14H15F3IN3O4/c1-8(22)25-7-9-11(18)10(14(15,16)17)6-19-12(9)20-2-4-21(5-3-20)13(23)24/h6H,2-5,7H2,1H3,(H,23,24). The number of esters is 1. The highest BCUT2D eigenvalue weighted by Gasteiger charge is 2.36. The van der Waals surface area contributed by atoms with Crippen LogP contribution in [0.25, 0.3) is 0 Å². The lowest BCUT2D eigenvalue weighted by Crippen LogP contribution is -2.49. The molecule has 1 aliphatic heterocycles. The van der Waals surface area contributed by atoms with Gasteiger partial charge in [-0.2, -0.15) is 13.2 Å². The van der Waals surface area contributed by atoms with Crippen LogP contribution in [-0.4, -0.2) is 53.2 Å². The fraction of sp³-hybridized carbons (Fsp3) is 0.500. The number of pyridine rings is 1. The Balaban J connectivity index is 2.35. The van der Waals surface area contributed by atoms with E-state index in [2.05, 4.69) is 4.98 Å². The van der Waals surface area contributed by atoms with Crippen molar-refractivity contribution in [3.63, 3.8) is 0 Å². The molecule has 0 radical (unpaired) electrons. The molecule has 25 heavy (non-hydrogen) atoms. The maximum Gasteiger partial charge on any atom is 0.418 e. The predicted molar refractivity (Wildman–Crippen MR) is 89.2 cm³/mol. The number of ether oxygens (including phenoxy) is 1. The summed E-state index contributed by atoms with van der Waals surface area (Å²) in [7, 11) is 0. The molecule has 2 rings (SSSR count). The van der Waals surface area contributed by atoms with Crippen LogP contribution >= 0.6 is 22.6 Å². The van der Waals surface area contributed by atoms with Crippen molar-refractivity contribution in [2.24, 2.45) is 0 Å². The first-order valence-electron chi connectivity index (χ1n) is 7.22. The number of carboxylic acid groups (broad SMARTS) is 1. The number of anilines is 1. The molecule has 0 spiro atoms. The number of rotatable bonds is 3. The van der Waals surface area contributed by atoms with Crippen molar-refractivity contribution >= 4 is 40.5 Å². The number of hydrogen-bond donors (Lipinski definition) is 1. The molecule has 1 aromatic rings. The second-order valence-electron chi connectivity index (χ2n) is 5.32. The zero-order valence-corrected chi connectivity index (χ0v) is 15.3. The van der Waals surface area contributed by atoms with E-state index in [1.54, 1.807) is 27.5 Å². The zero-order chi connectivity index (χ0) is 18.8. The van der Waals surface area contributed by atoms with Gasteiger partial charge < -0.3 is 19.6 Å². The molecule has 0 unspecified atom stereocenters. The van der Waals surface area contributed by atoms with Gasteiger partial charge in [-0.15, -0.1) is 0 Å². The Morgan fingerprint density at radius 2 is 1.92 bits per heavy atom. The molecule has 7 nitrogen and oxygen atoms in total. The van der Waals surface area contributed by atoms with Gasteiger partial charge in [0.05, 0.1) is 5.56 Å². The Morgan fingerprint density at radius 3 is 2.40 bits per heavy atom. The van der Waals surface area contributed by atoms with E-state index >= 15 is 0 Å². The molecule has 138 valence electrons. The number of piperazine rings is 1. The highest BCUT2D eigenvalue weighted by atomic mass is 127. The topological polar surface area (TPSA) is 83.0 Å². The minimum atomic E-state index is -4.57. The molecule has 0 aromatic carbocycles. The third-order valence-electron chi connectivity index (χ3n) is 3.66. The number of carbonyl (C=O) groups excluding carboxylic acids is 1. The Morgan fingerprint density at radius 1 is 1.32 bits per heavy atom. The van der Waals surface area contributed by atoms with Crippen molar-refractivity contribution in [1.82, 2.24) is 9.88 Å². The average molecular weight is 473 g/mol. The van der Waals surface area contributed by atoms with Crippen LogP contribution in [0.3, 0.4) is 0 Å². The van der Waals surface area contributed by atoms with Gasteiger partial charge in [-0.25, -0.2) is 9.78 Å². The summed E-state index contributed by atoms with van der Waals surface area (Å²) < 4.78 is 44.1. The third-order valence-corrected chi connectivity index (χ3v) is 4.89. The van der Waals surface area contributed by atoms with Crippen molar-refractivity contribution in [3.8, 4) is 0 Å². The van der Waals surface area contributed by atoms with Gasteiger partial charge in [0.25, 0.3) is 0 Å². The molecule has 1 N–H and O–H groups in total. The van der Waals surface area contributed by atoms with Crippen molar-refractivity contribution in [3.05, 3.63) is 20.9 Å². The first-order chi connectivity index (χ1) is 11.6. The van der Waals surface area contributed by atoms with Crippen LogP contribution < -0.4 is 4.90 Å². The first kappa shape index (κ1) is 19.5. The van der Waals surface area contributed by atoms with Crippen molar-refractivity contribution in [1.29, 1.82) is 0 Å². The maximum atomic E-state index is 13.1. The van der Waals surface area contributed by atoms with Crippen LogP contribution in [0.2, 0.25) is 0 Å². The summed E-state index contributed by atoms with van der Waals surface area (Å²) in [5.41, 5.74) is -0.738. The van der Waals surface area contributed by atoms with E-state index < -0.39 is 23.8 Å². The number of hydrogen-bond acceptors (Lipinski definition) is 5. The summed E-state index contributed by atoms with van der Waals surface area (Å²) >= 11 is 1.57. The molecule has 0 bridgehead atoms. The number of nitrogens with zero attached hydrogens (tertiary/aromatic N) is 3. The molecular weight excluding hydrogens is 458 g/mol. The Labute approximate surface area is 154 Å². The van der Waals surface area contributed by atoms with Gasteiger partial charge in [-0.1, -0.05) is 0 Å². The zero-order valence-electron chi connectivity index (χ0n) is 13.1. The Hall–Kier alpha value is -1.79. The normalized spacial score (nSPS) is 15.2. The fourth-order valence-electron chi connectivity index (χ4n) is 2.40. The second kappa shape index (κ2) is 7.62. The van der Waals surface area contributed by atoms with Crippen molar-refractivity contribution in [2.45, 2.75) is 19.7 Å². The lowest BCUT2D eigenvalue weighted by atomic mass is 10.1. The average Bonchev–Trinajstić information content (AvgIpc) is 2.52. The van der Waals surface area contributed by atoms with Crippen LogP contribution in [-0.2, 0) is 22.3 Å². The summed E-state index contributed by atoms with van der Waals surface area (Å²) in [6.07, 6.45) is -4.87. The number of halogens is 4. The Bertz CT molecular complexity index is 676. The van der Waals surface area contributed by atoms with Crippen LogP contribution in [0.1, 0.15) is 18.1 Å². The lowest BCUT2D eigenvalue weighted by molar-refractivity contribution is -0.142. The molecule has 0 saturated carbocycles. The molecular formula is C14H15F3IN3O4. The number of alkyl halides is 3. The predicted octanol–water partition coefficient (Wildman–Crippen LogP) is 2.57. The molecule has 1 saturated heterocycles. The van der Waals surface area contributed by atoms with E-state index in [4.69, 9.17) is 9.84 Å². The molecule has 0 aliphatic carbocycles. The molecule has 0 atom stereocenters. The summed E-state index contributed by atoms with van der Waals surface area (Å²) in [5, 5.41) is 8.97. The molecule has 1 amide bonds. The van der Waals surface area contributed by atoms with E-state index in [1.165, 1.54) is 11.8 Å². The monoisotopic (exact) mass is 473 g/mol. The first-order valence-corrected chi connectivity index (χ1v) is 8.30. The van der Waals surface area contributed by atoms with Gasteiger partial charge in [0.1, 0.15) is 12.4 Å². The summed E-state index contributed by atoms with van der Waals surface area (Å²) in [4.78, 5) is 28.9. The molecule has 1 aliphatic rings. The largest absolute Gasteiger partial charge is 0.465 e. The van der Waals surface area contributed by atoms with E-state index in [-0.39, 0.29) is 47.7 Å². The number of aromatic nitrogens is 1. The maximum absolute atomic E-state index is 13.1. The highest BCUT2D eigenvalue weighted by Crippen LogP contribution is 2.37. The van der Waals surface area contributed by atoms with Gasteiger partial charge >= 0.3 is 18.2 Å².